The molecule has 2 heterocycles. The van der Waals surface area contributed by atoms with Crippen LogP contribution in [-0.2, 0) is 33.5 Å². The molecule has 2 aromatic carbocycles. The third kappa shape index (κ3) is 24.1. The first-order valence-electron chi connectivity index (χ1n) is 15.6. The Hall–Kier alpha value is 0.0439. The van der Waals surface area contributed by atoms with Crippen LogP contribution in [0.3, 0.4) is 0 Å². The molecule has 1 N–H and O–H groups in total. The Morgan fingerprint density at radius 2 is 1.19 bits per heavy atom. The SMILES string of the molecule is CCOC(=O)CCC(=O)c1cc2cc(OC)c(O)cc2s1.CCOC(=O)CCC(=O)c1cc2cc(OC)c(OC(F)F)cc2s1.O=C([O-])C(F)(F)Br.O=CO[O-].[Cs+].[Cs+].[H-].[Na+]. The molecule has 0 aliphatic heterocycles. The van der Waals surface area contributed by atoms with Crippen LogP contribution < -0.4 is 192 Å². The fourth-order valence-corrected chi connectivity index (χ4v) is 6.12. The molecule has 0 saturated carbocycles. The maximum absolute atomic E-state index is 12.4. The molecular weight excluding hydrogens is 1160 g/mol. The predicted molar refractivity (Wildman–Crippen MR) is 193 cm³/mol. The first-order valence-corrected chi connectivity index (χ1v) is 18.0. The van der Waals surface area contributed by atoms with E-state index in [0.29, 0.717) is 32.2 Å². The monoisotopic (exact) mass is 1190 g/mol. The molecule has 0 radical (unpaired) electrons. The molecule has 0 atom stereocenters. The van der Waals surface area contributed by atoms with Crippen LogP contribution in [0.4, 0.5) is 17.6 Å². The number of carboxylic acid groups (broad SMARTS) is 1. The predicted octanol–water partition coefficient (Wildman–Crippen LogP) is -3.54. The number of Topliss-reactive ketones (excluding diaryl/α,β-unsaturated/α-hetero) is 2. The molecule has 310 valence electrons. The van der Waals surface area contributed by atoms with Gasteiger partial charge in [-0.3, -0.25) is 24.0 Å². The summed E-state index contributed by atoms with van der Waals surface area (Å²) in [7, 11) is 2.82. The van der Waals surface area contributed by atoms with Gasteiger partial charge in [0.1, 0.15) is 5.97 Å². The number of aliphatic carboxylic acids is 1. The molecular formula is C34H34BrCs2F4NaO15S2. The minimum Gasteiger partial charge on any atom is -1.00 e. The fourth-order valence-electron chi connectivity index (χ4n) is 4.03. The van der Waals surface area contributed by atoms with E-state index in [1.165, 1.54) is 37.7 Å². The number of rotatable bonds is 16. The number of carboxylic acids is 1. The van der Waals surface area contributed by atoms with Crippen molar-refractivity contribution in [2.45, 2.75) is 51.0 Å². The summed E-state index contributed by atoms with van der Waals surface area (Å²) in [6, 6.07) is 9.58. The van der Waals surface area contributed by atoms with E-state index in [1.807, 2.05) is 0 Å². The van der Waals surface area contributed by atoms with E-state index in [2.05, 4.69) is 9.62 Å². The number of phenols is 1. The Bertz CT molecular complexity index is 1970. The van der Waals surface area contributed by atoms with E-state index >= 15 is 0 Å². The van der Waals surface area contributed by atoms with Crippen molar-refractivity contribution in [1.29, 1.82) is 0 Å². The zero-order valence-corrected chi connectivity index (χ0v) is 50.5. The van der Waals surface area contributed by atoms with E-state index in [0.717, 1.165) is 21.4 Å². The Morgan fingerprint density at radius 3 is 1.53 bits per heavy atom. The van der Waals surface area contributed by atoms with Crippen LogP contribution in [0.15, 0.2) is 36.4 Å². The van der Waals surface area contributed by atoms with Crippen molar-refractivity contribution in [1.82, 2.24) is 0 Å². The number of hydrogen-bond acceptors (Lipinski definition) is 17. The van der Waals surface area contributed by atoms with Crippen LogP contribution >= 0.6 is 38.6 Å². The standard InChI is InChI=1S/C16H16F2O5S.C15H16O5S.C2HBrF2O2.CH2O3.2Cs.Na.H/c1-3-22-15(20)5-4-10(19)14-7-9-6-11(21-2)12(23-16(17)18)8-13(9)24-14;1-3-20-15(18)5-4-10(16)14-7-9-6-12(19-2)11(17)8-13(9)21-14;3-2(4,5)1(6)7;2-1-4-3;;;;/h6-8,16H,3-5H2,1-2H3;6-8,17H,3-5H2,1-2H3;(H,6,7);1,3H;;;;/q;;;;3*+1;-1/p-2. The summed E-state index contributed by atoms with van der Waals surface area (Å²) in [5.41, 5.74) is 0. The molecule has 4 aromatic rings. The summed E-state index contributed by atoms with van der Waals surface area (Å²) in [5.74, 6) is -3.07. The van der Waals surface area contributed by atoms with E-state index < -0.39 is 23.4 Å². The van der Waals surface area contributed by atoms with Gasteiger partial charge in [-0.2, -0.15) is 17.6 Å². The number of ketones is 2. The number of ether oxygens (including phenoxy) is 5. The van der Waals surface area contributed by atoms with Crippen LogP contribution in [0.5, 0.6) is 23.0 Å². The maximum atomic E-state index is 12.4. The summed E-state index contributed by atoms with van der Waals surface area (Å²) >= 11 is 3.98. The van der Waals surface area contributed by atoms with E-state index in [1.54, 1.807) is 54.0 Å². The zero-order chi connectivity index (χ0) is 42.6. The number of carbonyl (C=O) groups excluding carboxylic acids is 6. The summed E-state index contributed by atoms with van der Waals surface area (Å²) < 4.78 is 72.6. The van der Waals surface area contributed by atoms with Crippen molar-refractivity contribution >= 4 is 94.7 Å². The number of methoxy groups -OCH3 is 2. The summed E-state index contributed by atoms with van der Waals surface area (Å²) in [6.45, 7) is 0.850. The van der Waals surface area contributed by atoms with Crippen LogP contribution in [0.1, 0.15) is 60.3 Å². The molecule has 15 nitrogen and oxygen atoms in total. The molecule has 25 heteroatoms. The molecule has 0 amide bonds. The number of aromatic hydroxyl groups is 1. The maximum Gasteiger partial charge on any atom is 1.00 e. The average molecular weight is 1190 g/mol. The van der Waals surface area contributed by atoms with Crippen molar-refractivity contribution < 1.29 is 259 Å². The number of fused-ring (bicyclic) bond motifs is 2. The third-order valence-corrected chi connectivity index (χ3v) is 8.98. The van der Waals surface area contributed by atoms with Gasteiger partial charge in [0, 0.05) is 34.4 Å². The van der Waals surface area contributed by atoms with Gasteiger partial charge in [0.05, 0.1) is 50.0 Å². The molecule has 0 saturated heterocycles. The van der Waals surface area contributed by atoms with Crippen molar-refractivity contribution in [3.63, 3.8) is 0 Å². The number of carbonyl (C=O) groups is 6. The van der Waals surface area contributed by atoms with Crippen molar-refractivity contribution in [2.24, 2.45) is 0 Å². The van der Waals surface area contributed by atoms with Crippen LogP contribution in [0.25, 0.3) is 20.2 Å². The van der Waals surface area contributed by atoms with Gasteiger partial charge in [0.2, 0.25) is 0 Å². The van der Waals surface area contributed by atoms with E-state index in [-0.39, 0.29) is 242 Å². The first kappa shape index (κ1) is 63.3. The normalized spacial score (nSPS) is 9.88. The van der Waals surface area contributed by atoms with Crippen molar-refractivity contribution in [2.75, 3.05) is 27.4 Å². The van der Waals surface area contributed by atoms with Gasteiger partial charge in [0.15, 0.2) is 34.6 Å². The van der Waals surface area contributed by atoms with Gasteiger partial charge in [-0.25, -0.2) is 0 Å². The molecule has 0 unspecified atom stereocenters. The van der Waals surface area contributed by atoms with Crippen LogP contribution in [-0.4, -0.2) is 79.9 Å². The number of thiophene rings is 2. The number of phenolic OH excluding ortho intramolecular Hbond substituents is 1. The molecule has 2 aromatic heterocycles. The Balaban J connectivity index is -0.000000399. The van der Waals surface area contributed by atoms with Gasteiger partial charge >= 0.3 is 191 Å². The number of alkyl halides is 5. The van der Waals surface area contributed by atoms with Gasteiger partial charge < -0.3 is 50.3 Å². The molecule has 0 aliphatic rings. The number of benzene rings is 2. The molecule has 0 spiro atoms. The quantitative estimate of drug-likeness (QED) is 0.0168. The van der Waals surface area contributed by atoms with E-state index in [9.17, 15) is 41.8 Å². The van der Waals surface area contributed by atoms with Gasteiger partial charge in [-0.1, -0.05) is 0 Å². The summed E-state index contributed by atoms with van der Waals surface area (Å²) in [6.07, 6.45) is 0.234. The van der Waals surface area contributed by atoms with Gasteiger partial charge in [-0.05, 0) is 64.8 Å². The Kier molecular flexibility index (Phi) is 36.0. The van der Waals surface area contributed by atoms with Crippen molar-refractivity contribution in [3.8, 4) is 23.0 Å². The minimum absolute atomic E-state index is 0. The van der Waals surface area contributed by atoms with Crippen LogP contribution in [0, 0.1) is 0 Å². The third-order valence-electron chi connectivity index (χ3n) is 6.38. The largest absolute Gasteiger partial charge is 1.00 e. The number of halogens is 5. The Labute approximate surface area is 492 Å². The molecule has 59 heavy (non-hydrogen) atoms. The summed E-state index contributed by atoms with van der Waals surface area (Å²) in [4.78, 5) is 64.3. The molecule has 0 fully saturated rings. The smallest absolute Gasteiger partial charge is 1.00 e. The summed E-state index contributed by atoms with van der Waals surface area (Å²) in [5, 5.41) is 28.8. The minimum atomic E-state index is -3.88. The second-order valence-electron chi connectivity index (χ2n) is 10.1. The van der Waals surface area contributed by atoms with Crippen LogP contribution in [0.2, 0.25) is 0 Å². The van der Waals surface area contributed by atoms with Crippen molar-refractivity contribution in [3.05, 3.63) is 46.2 Å². The number of esters is 2. The molecule has 0 aliphatic carbocycles. The molecule has 0 bridgehead atoms. The Morgan fingerprint density at radius 1 is 0.797 bits per heavy atom. The second-order valence-corrected chi connectivity index (χ2v) is 13.3. The number of hydrogen-bond donors (Lipinski definition) is 1. The molecule has 4 rings (SSSR count). The first-order chi connectivity index (χ1) is 26.3. The topological polar surface area (TPSA) is 224 Å². The second kappa shape index (κ2) is 33.5. The average Bonchev–Trinajstić information content (AvgIpc) is 3.76. The van der Waals surface area contributed by atoms with Gasteiger partial charge in [-0.15, -0.1) is 22.7 Å². The zero-order valence-electron chi connectivity index (χ0n) is 33.7. The fraction of sp³-hybridized carbons (Fsp3) is 0.353. The van der Waals surface area contributed by atoms with E-state index in [4.69, 9.17) is 38.9 Å². The van der Waals surface area contributed by atoms with Gasteiger partial charge in [0.25, 0.3) is 6.47 Å².